The zero-order valence-corrected chi connectivity index (χ0v) is 7.93. The summed E-state index contributed by atoms with van der Waals surface area (Å²) in [4.78, 5) is 21.3. The topological polar surface area (TPSA) is 86.6 Å². The zero-order chi connectivity index (χ0) is 11.3. The van der Waals surface area contributed by atoms with E-state index in [9.17, 15) is 9.59 Å². The van der Waals surface area contributed by atoms with Crippen LogP contribution >= 0.6 is 0 Å². The lowest BCUT2D eigenvalue weighted by Crippen LogP contribution is -2.30. The van der Waals surface area contributed by atoms with Gasteiger partial charge in [0.25, 0.3) is 0 Å². The second-order valence-corrected chi connectivity index (χ2v) is 3.02. The van der Waals surface area contributed by atoms with Gasteiger partial charge in [0.1, 0.15) is 12.3 Å². The van der Waals surface area contributed by atoms with Gasteiger partial charge in [-0.3, -0.25) is 9.59 Å². The van der Waals surface area contributed by atoms with E-state index in [0.29, 0.717) is 5.56 Å². The molecule has 1 aromatic rings. The van der Waals surface area contributed by atoms with E-state index in [2.05, 4.69) is 5.32 Å². The average molecular weight is 209 g/mol. The molecule has 0 heterocycles. The highest BCUT2D eigenvalue weighted by Crippen LogP contribution is 2.10. The highest BCUT2D eigenvalue weighted by molar-refractivity contribution is 5.82. The first-order valence-corrected chi connectivity index (χ1v) is 4.34. The Kier molecular flexibility index (Phi) is 3.68. The fourth-order valence-electron chi connectivity index (χ4n) is 1.09. The Hall–Kier alpha value is -2.04. The monoisotopic (exact) mass is 209 g/mol. The molecule has 0 radical (unpaired) electrons. The summed E-state index contributed by atoms with van der Waals surface area (Å²) in [7, 11) is 0. The summed E-state index contributed by atoms with van der Waals surface area (Å²) in [5.41, 5.74) is 0.637. The van der Waals surface area contributed by atoms with Gasteiger partial charge in [-0.2, -0.15) is 0 Å². The predicted molar refractivity (Wildman–Crippen MR) is 52.5 cm³/mol. The van der Waals surface area contributed by atoms with Gasteiger partial charge in [0, 0.05) is 0 Å². The van der Waals surface area contributed by atoms with Crippen LogP contribution in [-0.4, -0.2) is 28.6 Å². The van der Waals surface area contributed by atoms with Crippen molar-refractivity contribution in [1.29, 1.82) is 0 Å². The van der Waals surface area contributed by atoms with Crippen molar-refractivity contribution >= 4 is 11.9 Å². The number of hydrogen-bond donors (Lipinski definition) is 3. The number of carbonyl (C=O) groups is 2. The van der Waals surface area contributed by atoms with Crippen LogP contribution in [-0.2, 0) is 16.0 Å². The largest absolute Gasteiger partial charge is 0.508 e. The average Bonchev–Trinajstić information content (AvgIpc) is 2.15. The molecule has 0 unspecified atom stereocenters. The van der Waals surface area contributed by atoms with Crippen molar-refractivity contribution in [2.75, 3.05) is 6.54 Å². The van der Waals surface area contributed by atoms with E-state index in [1.54, 1.807) is 12.1 Å². The molecule has 1 amide bonds. The number of amides is 1. The molecule has 80 valence electrons. The van der Waals surface area contributed by atoms with E-state index in [0.717, 1.165) is 0 Å². The number of carbonyl (C=O) groups excluding carboxylic acids is 1. The molecule has 5 heteroatoms. The van der Waals surface area contributed by atoms with Crippen molar-refractivity contribution in [2.45, 2.75) is 6.42 Å². The fourth-order valence-corrected chi connectivity index (χ4v) is 1.09. The molecule has 0 aliphatic heterocycles. The van der Waals surface area contributed by atoms with Gasteiger partial charge in [0.15, 0.2) is 0 Å². The zero-order valence-electron chi connectivity index (χ0n) is 7.93. The van der Waals surface area contributed by atoms with Crippen LogP contribution in [0.5, 0.6) is 5.75 Å². The van der Waals surface area contributed by atoms with Gasteiger partial charge in [-0.05, 0) is 17.7 Å². The minimum atomic E-state index is -1.08. The normalized spacial score (nSPS) is 9.60. The molecular formula is C10H11NO4. The van der Waals surface area contributed by atoms with Gasteiger partial charge >= 0.3 is 5.97 Å². The standard InChI is InChI=1S/C10H11NO4/c12-8-3-1-2-7(4-8)5-9(13)11-6-10(14)15/h1-4,12H,5-6H2,(H,11,13)(H,14,15). The number of carboxylic acids is 1. The van der Waals surface area contributed by atoms with Gasteiger partial charge < -0.3 is 15.5 Å². The lowest BCUT2D eigenvalue weighted by Gasteiger charge is -2.02. The van der Waals surface area contributed by atoms with Crippen LogP contribution in [0, 0.1) is 0 Å². The summed E-state index contributed by atoms with van der Waals surface area (Å²) < 4.78 is 0. The summed E-state index contributed by atoms with van der Waals surface area (Å²) in [6.07, 6.45) is 0.0572. The number of aliphatic carboxylic acids is 1. The highest BCUT2D eigenvalue weighted by Gasteiger charge is 2.05. The van der Waals surface area contributed by atoms with Gasteiger partial charge in [0.2, 0.25) is 5.91 Å². The van der Waals surface area contributed by atoms with Crippen molar-refractivity contribution in [3.05, 3.63) is 29.8 Å². The van der Waals surface area contributed by atoms with Gasteiger partial charge in [-0.25, -0.2) is 0 Å². The number of carboxylic acid groups (broad SMARTS) is 1. The summed E-state index contributed by atoms with van der Waals surface area (Å²) >= 11 is 0. The molecule has 0 aromatic heterocycles. The first-order valence-electron chi connectivity index (χ1n) is 4.34. The SMILES string of the molecule is O=C(O)CNC(=O)Cc1cccc(O)c1. The highest BCUT2D eigenvalue weighted by atomic mass is 16.4. The third-order valence-corrected chi connectivity index (χ3v) is 1.71. The molecule has 0 aliphatic rings. The first-order chi connectivity index (χ1) is 7.08. The van der Waals surface area contributed by atoms with Crippen molar-refractivity contribution in [3.63, 3.8) is 0 Å². The van der Waals surface area contributed by atoms with Crippen LogP contribution in [0.3, 0.4) is 0 Å². The molecule has 3 N–H and O–H groups in total. The van der Waals surface area contributed by atoms with Crippen molar-refractivity contribution in [1.82, 2.24) is 5.32 Å². The van der Waals surface area contributed by atoms with Crippen molar-refractivity contribution in [3.8, 4) is 5.75 Å². The maximum absolute atomic E-state index is 11.2. The van der Waals surface area contributed by atoms with Crippen LogP contribution in [0.1, 0.15) is 5.56 Å². The molecule has 0 bridgehead atoms. The lowest BCUT2D eigenvalue weighted by molar-refractivity contribution is -0.137. The molecule has 5 nitrogen and oxygen atoms in total. The Bertz CT molecular complexity index is 375. The molecule has 15 heavy (non-hydrogen) atoms. The Morgan fingerprint density at radius 1 is 1.33 bits per heavy atom. The van der Waals surface area contributed by atoms with Crippen LogP contribution in [0.15, 0.2) is 24.3 Å². The smallest absolute Gasteiger partial charge is 0.322 e. The minimum Gasteiger partial charge on any atom is -0.508 e. The number of phenols is 1. The Balaban J connectivity index is 2.48. The second kappa shape index (κ2) is 4.99. The lowest BCUT2D eigenvalue weighted by atomic mass is 10.1. The molecule has 0 saturated heterocycles. The molecule has 0 fully saturated rings. The molecular weight excluding hydrogens is 198 g/mol. The van der Waals surface area contributed by atoms with Crippen LogP contribution < -0.4 is 5.32 Å². The molecule has 1 aromatic carbocycles. The first kappa shape index (κ1) is 11.0. The molecule has 1 rings (SSSR count). The number of nitrogens with one attached hydrogen (secondary N) is 1. The summed E-state index contributed by atoms with van der Waals surface area (Å²) in [5.74, 6) is -1.39. The summed E-state index contributed by atoms with van der Waals surface area (Å²) in [6, 6.07) is 6.26. The van der Waals surface area contributed by atoms with Gasteiger partial charge in [-0.15, -0.1) is 0 Å². The minimum absolute atomic E-state index is 0.0572. The van der Waals surface area contributed by atoms with Crippen molar-refractivity contribution in [2.24, 2.45) is 0 Å². The van der Waals surface area contributed by atoms with Crippen LogP contribution in [0.4, 0.5) is 0 Å². The third-order valence-electron chi connectivity index (χ3n) is 1.71. The molecule has 0 aliphatic carbocycles. The number of benzene rings is 1. The Labute approximate surface area is 86.4 Å². The number of hydrogen-bond acceptors (Lipinski definition) is 3. The maximum atomic E-state index is 11.2. The van der Waals surface area contributed by atoms with E-state index in [4.69, 9.17) is 10.2 Å². The Morgan fingerprint density at radius 3 is 2.67 bits per heavy atom. The molecule has 0 saturated carbocycles. The Morgan fingerprint density at radius 2 is 2.07 bits per heavy atom. The van der Waals surface area contributed by atoms with Crippen molar-refractivity contribution < 1.29 is 19.8 Å². The number of phenolic OH excluding ortho intramolecular Hbond substituents is 1. The second-order valence-electron chi connectivity index (χ2n) is 3.02. The summed E-state index contributed by atoms with van der Waals surface area (Å²) in [6.45, 7) is -0.391. The number of aromatic hydroxyl groups is 1. The summed E-state index contributed by atoms with van der Waals surface area (Å²) in [5, 5.41) is 19.7. The van der Waals surface area contributed by atoms with Crippen LogP contribution in [0.25, 0.3) is 0 Å². The van der Waals surface area contributed by atoms with E-state index in [1.807, 2.05) is 0 Å². The van der Waals surface area contributed by atoms with E-state index in [-0.39, 0.29) is 18.1 Å². The quantitative estimate of drug-likeness (QED) is 0.658. The molecule has 0 atom stereocenters. The van der Waals surface area contributed by atoms with E-state index in [1.165, 1.54) is 12.1 Å². The van der Waals surface area contributed by atoms with E-state index >= 15 is 0 Å². The molecule has 0 spiro atoms. The van der Waals surface area contributed by atoms with E-state index < -0.39 is 12.5 Å². The third kappa shape index (κ3) is 4.12. The maximum Gasteiger partial charge on any atom is 0.322 e. The predicted octanol–water partition coefficient (Wildman–Crippen LogP) is 0.135. The number of rotatable bonds is 4. The fraction of sp³-hybridized carbons (Fsp3) is 0.200. The van der Waals surface area contributed by atoms with Gasteiger partial charge in [0.05, 0.1) is 6.42 Å². The van der Waals surface area contributed by atoms with Crippen LogP contribution in [0.2, 0.25) is 0 Å². The van der Waals surface area contributed by atoms with Gasteiger partial charge in [-0.1, -0.05) is 12.1 Å².